The molecule has 1 unspecified atom stereocenters. The first-order chi connectivity index (χ1) is 9.26. The molecule has 0 radical (unpaired) electrons. The Hall–Kier alpha value is -1.06. The molecule has 19 heavy (non-hydrogen) atoms. The summed E-state index contributed by atoms with van der Waals surface area (Å²) in [5, 5.41) is 4.69. The zero-order chi connectivity index (χ0) is 13.7. The van der Waals surface area contributed by atoms with Crippen LogP contribution in [-0.2, 0) is 0 Å². The normalized spacial score (nSPS) is 12.7. The predicted octanol–water partition coefficient (Wildman–Crippen LogP) is 5.20. The van der Waals surface area contributed by atoms with Gasteiger partial charge in [0.1, 0.15) is 11.3 Å². The van der Waals surface area contributed by atoms with Crippen LogP contribution >= 0.6 is 15.9 Å². The lowest BCUT2D eigenvalue weighted by molar-refractivity contribution is 0.412. The maximum atomic E-state index is 6.01. The SMILES string of the molecule is C=CCCC(NCCC)c1cc2cccc(Br)c2o1. The van der Waals surface area contributed by atoms with Gasteiger partial charge in [-0.2, -0.15) is 0 Å². The summed E-state index contributed by atoms with van der Waals surface area (Å²) in [7, 11) is 0. The molecule has 0 aliphatic heterocycles. The molecule has 0 aliphatic rings. The van der Waals surface area contributed by atoms with Crippen LogP contribution in [0.4, 0.5) is 0 Å². The molecular formula is C16H20BrNO. The molecule has 1 aromatic carbocycles. The van der Waals surface area contributed by atoms with Crippen LogP contribution in [0.15, 0.2) is 45.8 Å². The number of hydrogen-bond donors (Lipinski definition) is 1. The van der Waals surface area contributed by atoms with Crippen molar-refractivity contribution in [1.82, 2.24) is 5.32 Å². The number of furan rings is 1. The van der Waals surface area contributed by atoms with Crippen molar-refractivity contribution < 1.29 is 4.42 Å². The van der Waals surface area contributed by atoms with Crippen molar-refractivity contribution >= 4 is 26.9 Å². The van der Waals surface area contributed by atoms with Gasteiger partial charge < -0.3 is 9.73 Å². The Morgan fingerprint density at radius 3 is 3.00 bits per heavy atom. The molecule has 0 bridgehead atoms. The summed E-state index contributed by atoms with van der Waals surface area (Å²) in [5.74, 6) is 1.01. The minimum absolute atomic E-state index is 0.261. The van der Waals surface area contributed by atoms with Crippen LogP contribution in [-0.4, -0.2) is 6.54 Å². The third kappa shape index (κ3) is 3.48. The summed E-state index contributed by atoms with van der Waals surface area (Å²) >= 11 is 3.53. The van der Waals surface area contributed by atoms with E-state index >= 15 is 0 Å². The van der Waals surface area contributed by atoms with Gasteiger partial charge in [0.15, 0.2) is 0 Å². The fourth-order valence-corrected chi connectivity index (χ4v) is 2.63. The van der Waals surface area contributed by atoms with E-state index in [1.807, 2.05) is 18.2 Å². The zero-order valence-corrected chi connectivity index (χ0v) is 12.9. The van der Waals surface area contributed by atoms with Crippen LogP contribution in [0.5, 0.6) is 0 Å². The van der Waals surface area contributed by atoms with Crippen LogP contribution in [0.1, 0.15) is 38.0 Å². The van der Waals surface area contributed by atoms with E-state index in [9.17, 15) is 0 Å². The average molecular weight is 322 g/mol. The van der Waals surface area contributed by atoms with Gasteiger partial charge in [0.05, 0.1) is 10.5 Å². The number of rotatable bonds is 7. The van der Waals surface area contributed by atoms with Crippen LogP contribution in [0.2, 0.25) is 0 Å². The Bertz CT molecular complexity index is 547. The van der Waals surface area contributed by atoms with Crippen molar-refractivity contribution in [3.63, 3.8) is 0 Å². The number of benzene rings is 1. The number of allylic oxidation sites excluding steroid dienone is 1. The van der Waals surface area contributed by atoms with E-state index in [1.165, 1.54) is 0 Å². The fourth-order valence-electron chi connectivity index (χ4n) is 2.17. The van der Waals surface area contributed by atoms with Crippen LogP contribution in [0.3, 0.4) is 0 Å². The first-order valence-electron chi connectivity index (χ1n) is 6.78. The second kappa shape index (κ2) is 6.92. The van der Waals surface area contributed by atoms with Crippen molar-refractivity contribution in [3.8, 4) is 0 Å². The molecule has 0 amide bonds. The van der Waals surface area contributed by atoms with Gasteiger partial charge in [-0.3, -0.25) is 0 Å². The molecule has 1 aromatic heterocycles. The second-order valence-electron chi connectivity index (χ2n) is 4.68. The summed E-state index contributed by atoms with van der Waals surface area (Å²) in [6, 6.07) is 8.52. The summed E-state index contributed by atoms with van der Waals surface area (Å²) in [5.41, 5.74) is 0.930. The maximum Gasteiger partial charge on any atom is 0.148 e. The molecule has 2 aromatic rings. The Morgan fingerprint density at radius 2 is 2.32 bits per heavy atom. The van der Waals surface area contributed by atoms with E-state index in [2.05, 4.69) is 46.9 Å². The van der Waals surface area contributed by atoms with E-state index in [1.54, 1.807) is 0 Å². The topological polar surface area (TPSA) is 25.2 Å². The van der Waals surface area contributed by atoms with Crippen molar-refractivity contribution in [2.24, 2.45) is 0 Å². The second-order valence-corrected chi connectivity index (χ2v) is 5.53. The van der Waals surface area contributed by atoms with Gasteiger partial charge in [-0.15, -0.1) is 6.58 Å². The van der Waals surface area contributed by atoms with Gasteiger partial charge >= 0.3 is 0 Å². The lowest BCUT2D eigenvalue weighted by Gasteiger charge is -2.15. The molecule has 1 heterocycles. The molecule has 0 aliphatic carbocycles. The van der Waals surface area contributed by atoms with E-state index < -0.39 is 0 Å². The van der Waals surface area contributed by atoms with Crippen molar-refractivity contribution in [1.29, 1.82) is 0 Å². The Morgan fingerprint density at radius 1 is 1.47 bits per heavy atom. The highest BCUT2D eigenvalue weighted by atomic mass is 79.9. The molecule has 0 saturated heterocycles. The number of nitrogens with one attached hydrogen (secondary N) is 1. The fraction of sp³-hybridized carbons (Fsp3) is 0.375. The highest BCUT2D eigenvalue weighted by Crippen LogP contribution is 2.31. The van der Waals surface area contributed by atoms with Gasteiger partial charge in [-0.1, -0.05) is 25.1 Å². The number of halogens is 1. The van der Waals surface area contributed by atoms with Gasteiger partial charge in [0, 0.05) is 5.39 Å². The molecule has 102 valence electrons. The molecule has 1 atom stereocenters. The molecule has 0 fully saturated rings. The maximum absolute atomic E-state index is 6.01. The summed E-state index contributed by atoms with van der Waals surface area (Å²) in [6.07, 6.45) is 5.08. The first kappa shape index (κ1) is 14.4. The van der Waals surface area contributed by atoms with Crippen molar-refractivity contribution in [2.45, 2.75) is 32.2 Å². The Balaban J connectivity index is 2.26. The van der Waals surface area contributed by atoms with Gasteiger partial charge in [-0.25, -0.2) is 0 Å². The minimum Gasteiger partial charge on any atom is -0.458 e. The van der Waals surface area contributed by atoms with Crippen molar-refractivity contribution in [3.05, 3.63) is 47.2 Å². The van der Waals surface area contributed by atoms with E-state index in [4.69, 9.17) is 4.42 Å². The quantitative estimate of drug-likeness (QED) is 0.709. The van der Waals surface area contributed by atoms with Crippen molar-refractivity contribution in [2.75, 3.05) is 6.54 Å². The molecule has 1 N–H and O–H groups in total. The third-order valence-corrected chi connectivity index (χ3v) is 3.78. The van der Waals surface area contributed by atoms with Crippen LogP contribution < -0.4 is 5.32 Å². The zero-order valence-electron chi connectivity index (χ0n) is 11.3. The largest absolute Gasteiger partial charge is 0.458 e. The summed E-state index contributed by atoms with van der Waals surface area (Å²) < 4.78 is 7.02. The van der Waals surface area contributed by atoms with Crippen LogP contribution in [0.25, 0.3) is 11.0 Å². The van der Waals surface area contributed by atoms with Crippen LogP contribution in [0, 0.1) is 0 Å². The standard InChI is InChI=1S/C16H20BrNO/c1-3-5-9-14(18-10-4-2)15-11-12-7-6-8-13(17)16(12)19-15/h3,6-8,11,14,18H,1,4-5,9-10H2,2H3. The monoisotopic (exact) mass is 321 g/mol. The first-order valence-corrected chi connectivity index (χ1v) is 7.57. The lowest BCUT2D eigenvalue weighted by Crippen LogP contribution is -2.21. The Kier molecular flexibility index (Phi) is 5.23. The number of hydrogen-bond acceptors (Lipinski definition) is 2. The highest BCUT2D eigenvalue weighted by Gasteiger charge is 2.15. The van der Waals surface area contributed by atoms with Gasteiger partial charge in [0.25, 0.3) is 0 Å². The molecule has 0 saturated carbocycles. The number of fused-ring (bicyclic) bond motifs is 1. The van der Waals surface area contributed by atoms with Gasteiger partial charge in [0.2, 0.25) is 0 Å². The number of para-hydroxylation sites is 1. The molecule has 0 spiro atoms. The average Bonchev–Trinajstić information content (AvgIpc) is 2.84. The Labute approximate surface area is 123 Å². The summed E-state index contributed by atoms with van der Waals surface area (Å²) in [4.78, 5) is 0. The smallest absolute Gasteiger partial charge is 0.148 e. The van der Waals surface area contributed by atoms with E-state index in [-0.39, 0.29) is 6.04 Å². The molecule has 3 heteroatoms. The van der Waals surface area contributed by atoms with Gasteiger partial charge in [-0.05, 0) is 53.9 Å². The predicted molar refractivity (Wildman–Crippen MR) is 84.4 cm³/mol. The molecule has 2 rings (SSSR count). The van der Waals surface area contributed by atoms with E-state index in [0.29, 0.717) is 0 Å². The molecule has 2 nitrogen and oxygen atoms in total. The van der Waals surface area contributed by atoms with E-state index in [0.717, 1.165) is 47.0 Å². The highest BCUT2D eigenvalue weighted by molar-refractivity contribution is 9.10. The summed E-state index contributed by atoms with van der Waals surface area (Å²) in [6.45, 7) is 6.97. The third-order valence-electron chi connectivity index (χ3n) is 3.16. The lowest BCUT2D eigenvalue weighted by atomic mass is 10.1. The molecular weight excluding hydrogens is 302 g/mol. The minimum atomic E-state index is 0.261.